The number of nitriles is 1. The zero-order valence-electron chi connectivity index (χ0n) is 20.9. The number of carbonyl (C=O) groups is 1. The van der Waals surface area contributed by atoms with Crippen molar-refractivity contribution in [2.75, 3.05) is 19.0 Å². The summed E-state index contributed by atoms with van der Waals surface area (Å²) in [7, 11) is 3.81. The Kier molecular flexibility index (Phi) is 6.93. The molecule has 0 spiro atoms. The number of primary amides is 1. The summed E-state index contributed by atoms with van der Waals surface area (Å²) in [4.78, 5) is 28.4. The Labute approximate surface area is 210 Å². The number of hydrogen-bond donors (Lipinski definition) is 1. The molecule has 0 radical (unpaired) electrons. The van der Waals surface area contributed by atoms with Crippen LogP contribution in [0.4, 0.5) is 5.69 Å². The quantitative estimate of drug-likeness (QED) is 0.392. The van der Waals surface area contributed by atoms with Crippen molar-refractivity contribution < 1.29 is 9.21 Å². The Hall–Kier alpha value is -4.37. The van der Waals surface area contributed by atoms with Crippen LogP contribution in [0, 0.1) is 17.2 Å². The van der Waals surface area contributed by atoms with Gasteiger partial charge < -0.3 is 15.1 Å². The van der Waals surface area contributed by atoms with E-state index >= 15 is 0 Å². The number of carbonyl (C=O) groups excluding carboxylic acids is 1. The first-order valence-electron chi connectivity index (χ1n) is 11.9. The molecule has 0 aliphatic carbocycles. The van der Waals surface area contributed by atoms with Gasteiger partial charge in [-0.15, -0.1) is 0 Å². The van der Waals surface area contributed by atoms with E-state index in [4.69, 9.17) is 10.2 Å². The summed E-state index contributed by atoms with van der Waals surface area (Å²) in [5, 5.41) is 9.85. The third kappa shape index (κ3) is 4.60. The SMILES string of the molecule is CC(C)[C@@H](c1oc2cc(C#N)ccc2c(=O)c1Cc1ccccc1)c1c(C(N)=O)cccc1N(C)C. The monoisotopic (exact) mass is 479 g/mol. The molecule has 0 unspecified atom stereocenters. The van der Waals surface area contributed by atoms with Crippen molar-refractivity contribution in [3.63, 3.8) is 0 Å². The molecule has 6 nitrogen and oxygen atoms in total. The number of hydrogen-bond acceptors (Lipinski definition) is 5. The van der Waals surface area contributed by atoms with E-state index in [1.165, 1.54) is 0 Å². The van der Waals surface area contributed by atoms with Gasteiger partial charge in [-0.05, 0) is 47.4 Å². The van der Waals surface area contributed by atoms with Crippen LogP contribution < -0.4 is 16.1 Å². The van der Waals surface area contributed by atoms with E-state index in [2.05, 4.69) is 6.07 Å². The summed E-state index contributed by atoms with van der Waals surface area (Å²) in [6.45, 7) is 4.06. The molecule has 1 aromatic heterocycles. The predicted molar refractivity (Wildman–Crippen MR) is 142 cm³/mol. The van der Waals surface area contributed by atoms with Crippen molar-refractivity contribution in [3.05, 3.63) is 111 Å². The van der Waals surface area contributed by atoms with Crippen LogP contribution in [-0.2, 0) is 6.42 Å². The minimum Gasteiger partial charge on any atom is -0.460 e. The molecule has 2 N–H and O–H groups in total. The largest absolute Gasteiger partial charge is 0.460 e. The van der Waals surface area contributed by atoms with Gasteiger partial charge in [0.1, 0.15) is 11.3 Å². The predicted octanol–water partition coefficient (Wildman–Crippen LogP) is 5.21. The first kappa shape index (κ1) is 24.7. The minimum absolute atomic E-state index is 0.0431. The van der Waals surface area contributed by atoms with Gasteiger partial charge in [0.15, 0.2) is 5.43 Å². The fraction of sp³-hybridized carbons (Fsp3) is 0.233. The van der Waals surface area contributed by atoms with Crippen molar-refractivity contribution in [1.82, 2.24) is 0 Å². The molecule has 1 atom stereocenters. The molecule has 0 aliphatic heterocycles. The zero-order valence-corrected chi connectivity index (χ0v) is 20.9. The molecule has 4 aromatic rings. The summed E-state index contributed by atoms with van der Waals surface area (Å²) < 4.78 is 6.51. The Bertz CT molecular complexity index is 1530. The molecule has 1 heterocycles. The number of benzene rings is 3. The molecule has 3 aromatic carbocycles. The second-order valence-corrected chi connectivity index (χ2v) is 9.48. The molecule has 182 valence electrons. The van der Waals surface area contributed by atoms with Gasteiger partial charge in [-0.2, -0.15) is 5.26 Å². The summed E-state index contributed by atoms with van der Waals surface area (Å²) in [6, 6.07) is 22.2. The number of rotatable bonds is 7. The fourth-order valence-electron chi connectivity index (χ4n) is 4.79. The van der Waals surface area contributed by atoms with Crippen molar-refractivity contribution in [2.24, 2.45) is 11.7 Å². The van der Waals surface area contributed by atoms with Crippen molar-refractivity contribution in [3.8, 4) is 6.07 Å². The van der Waals surface area contributed by atoms with Crippen LogP contribution in [0.15, 0.2) is 75.9 Å². The van der Waals surface area contributed by atoms with Gasteiger partial charge >= 0.3 is 0 Å². The lowest BCUT2D eigenvalue weighted by Crippen LogP contribution is -2.25. The van der Waals surface area contributed by atoms with Gasteiger partial charge in [-0.25, -0.2) is 0 Å². The fourth-order valence-corrected chi connectivity index (χ4v) is 4.79. The van der Waals surface area contributed by atoms with Gasteiger partial charge in [0, 0.05) is 43.2 Å². The van der Waals surface area contributed by atoms with E-state index in [0.29, 0.717) is 39.8 Å². The van der Waals surface area contributed by atoms with Gasteiger partial charge in [0.05, 0.1) is 17.0 Å². The molecular formula is C30H29N3O3. The van der Waals surface area contributed by atoms with Gasteiger partial charge in [0.25, 0.3) is 0 Å². The minimum atomic E-state index is -0.543. The lowest BCUT2D eigenvalue weighted by Gasteiger charge is -2.29. The van der Waals surface area contributed by atoms with Crippen LogP contribution in [0.1, 0.15) is 58.1 Å². The first-order chi connectivity index (χ1) is 17.2. The molecule has 0 saturated carbocycles. The standard InChI is InChI=1S/C30H29N3O3/c1-18(2)26(27-22(30(32)35)11-8-12-24(27)33(3)4)29-23(15-19-9-6-5-7-10-19)28(34)21-14-13-20(17-31)16-25(21)36-29/h5-14,16,18,26H,15H2,1-4H3,(H2,32,35)/t26-/m1/s1. The van der Waals surface area contributed by atoms with E-state index in [0.717, 1.165) is 16.8 Å². The highest BCUT2D eigenvalue weighted by atomic mass is 16.3. The van der Waals surface area contributed by atoms with Crippen molar-refractivity contribution in [1.29, 1.82) is 5.26 Å². The lowest BCUT2D eigenvalue weighted by molar-refractivity contribution is 0.0999. The second-order valence-electron chi connectivity index (χ2n) is 9.48. The van der Waals surface area contributed by atoms with Crippen LogP contribution in [0.3, 0.4) is 0 Å². The van der Waals surface area contributed by atoms with E-state index in [-0.39, 0.29) is 11.3 Å². The number of amides is 1. The van der Waals surface area contributed by atoms with E-state index in [1.807, 2.05) is 69.2 Å². The Morgan fingerprint density at radius 3 is 2.39 bits per heavy atom. The lowest BCUT2D eigenvalue weighted by atomic mass is 9.79. The average molecular weight is 480 g/mol. The number of nitrogens with two attached hydrogens (primary N) is 1. The second kappa shape index (κ2) is 10.1. The normalized spacial score (nSPS) is 11.9. The average Bonchev–Trinajstić information content (AvgIpc) is 2.86. The number of nitrogens with zero attached hydrogens (tertiary/aromatic N) is 2. The van der Waals surface area contributed by atoms with Gasteiger partial charge in [-0.3, -0.25) is 9.59 Å². The van der Waals surface area contributed by atoms with Crippen LogP contribution in [0.2, 0.25) is 0 Å². The van der Waals surface area contributed by atoms with E-state index in [9.17, 15) is 14.9 Å². The molecular weight excluding hydrogens is 450 g/mol. The third-order valence-corrected chi connectivity index (χ3v) is 6.46. The summed E-state index contributed by atoms with van der Waals surface area (Å²) >= 11 is 0. The van der Waals surface area contributed by atoms with Crippen LogP contribution >= 0.6 is 0 Å². The summed E-state index contributed by atoms with van der Waals surface area (Å²) in [5.74, 6) is -0.539. The summed E-state index contributed by atoms with van der Waals surface area (Å²) in [5.41, 5.74) is 9.87. The Morgan fingerprint density at radius 1 is 1.06 bits per heavy atom. The van der Waals surface area contributed by atoms with Crippen molar-refractivity contribution in [2.45, 2.75) is 26.2 Å². The van der Waals surface area contributed by atoms with E-state index < -0.39 is 11.8 Å². The van der Waals surface area contributed by atoms with Crippen LogP contribution in [0.5, 0.6) is 0 Å². The molecule has 4 rings (SSSR count). The molecule has 0 saturated heterocycles. The zero-order chi connectivity index (χ0) is 26.0. The first-order valence-corrected chi connectivity index (χ1v) is 11.9. The highest BCUT2D eigenvalue weighted by Gasteiger charge is 2.32. The Balaban J connectivity index is 2.11. The highest BCUT2D eigenvalue weighted by molar-refractivity contribution is 5.96. The topological polar surface area (TPSA) is 100 Å². The van der Waals surface area contributed by atoms with Crippen LogP contribution in [0.25, 0.3) is 11.0 Å². The maximum atomic E-state index is 13.9. The molecule has 6 heteroatoms. The van der Waals surface area contributed by atoms with Gasteiger partial charge in [-0.1, -0.05) is 50.2 Å². The number of anilines is 1. The van der Waals surface area contributed by atoms with Crippen molar-refractivity contribution >= 4 is 22.6 Å². The van der Waals surface area contributed by atoms with E-state index in [1.54, 1.807) is 30.3 Å². The Morgan fingerprint density at radius 2 is 1.78 bits per heavy atom. The smallest absolute Gasteiger partial charge is 0.249 e. The molecule has 36 heavy (non-hydrogen) atoms. The molecule has 0 fully saturated rings. The molecule has 1 amide bonds. The molecule has 0 bridgehead atoms. The molecule has 0 aliphatic rings. The maximum absolute atomic E-state index is 13.9. The van der Waals surface area contributed by atoms with Gasteiger partial charge in [0.2, 0.25) is 5.91 Å². The van der Waals surface area contributed by atoms with Crippen LogP contribution in [-0.4, -0.2) is 20.0 Å². The maximum Gasteiger partial charge on any atom is 0.249 e. The highest BCUT2D eigenvalue weighted by Crippen LogP contribution is 2.41. The third-order valence-electron chi connectivity index (χ3n) is 6.46. The number of fused-ring (bicyclic) bond motifs is 1. The summed E-state index contributed by atoms with van der Waals surface area (Å²) in [6.07, 6.45) is 0.369.